The van der Waals surface area contributed by atoms with Crippen molar-refractivity contribution in [1.29, 1.82) is 0 Å². The molecule has 24 heavy (non-hydrogen) atoms. The van der Waals surface area contributed by atoms with Crippen LogP contribution in [0.15, 0.2) is 47.1 Å². The fourth-order valence-corrected chi connectivity index (χ4v) is 3.07. The highest BCUT2D eigenvalue weighted by molar-refractivity contribution is 5.91. The topological polar surface area (TPSA) is 62.1 Å². The molecule has 3 rings (SSSR count). The summed E-state index contributed by atoms with van der Waals surface area (Å²) in [6.07, 6.45) is 5.52. The number of carbonyl (C=O) groups excluding carboxylic acids is 1. The minimum absolute atomic E-state index is 0.000807. The first-order chi connectivity index (χ1) is 11.7. The number of hydrogen-bond donors (Lipinski definition) is 2. The van der Waals surface area contributed by atoms with Gasteiger partial charge >= 0.3 is 0 Å². The van der Waals surface area contributed by atoms with E-state index in [0.29, 0.717) is 6.54 Å². The molecule has 1 aliphatic heterocycles. The summed E-state index contributed by atoms with van der Waals surface area (Å²) in [5.41, 5.74) is 2.09. The molecule has 1 fully saturated rings. The molecule has 2 aromatic rings. The second kappa shape index (κ2) is 8.02. The van der Waals surface area contributed by atoms with Crippen molar-refractivity contribution in [1.82, 2.24) is 0 Å². The van der Waals surface area contributed by atoms with Gasteiger partial charge in [0.2, 0.25) is 0 Å². The van der Waals surface area contributed by atoms with E-state index in [4.69, 9.17) is 4.42 Å². The van der Waals surface area contributed by atoms with Crippen LogP contribution in [0, 0.1) is 0 Å². The number of rotatable bonds is 6. The van der Waals surface area contributed by atoms with Crippen LogP contribution >= 0.6 is 0 Å². The average molecular weight is 328 g/mol. The molecule has 0 aliphatic carbocycles. The summed E-state index contributed by atoms with van der Waals surface area (Å²) in [7, 11) is 0. The third kappa shape index (κ3) is 4.38. The van der Waals surface area contributed by atoms with E-state index in [2.05, 4.69) is 22.3 Å². The first-order valence-corrected chi connectivity index (χ1v) is 8.74. The highest BCUT2D eigenvalue weighted by Gasteiger charge is 2.14. The minimum Gasteiger partial charge on any atom is -0.463 e. The second-order valence-electron chi connectivity index (χ2n) is 6.39. The zero-order valence-corrected chi connectivity index (χ0v) is 14.2. The van der Waals surface area contributed by atoms with Crippen molar-refractivity contribution in [2.75, 3.05) is 29.9 Å². The third-order valence-electron chi connectivity index (χ3n) is 4.52. The van der Waals surface area contributed by atoms with E-state index in [-0.39, 0.29) is 11.9 Å². The second-order valence-corrected chi connectivity index (χ2v) is 6.39. The summed E-state index contributed by atoms with van der Waals surface area (Å²) < 4.78 is 5.35. The van der Waals surface area contributed by atoms with Crippen LogP contribution in [0.4, 0.5) is 11.4 Å². The van der Waals surface area contributed by atoms with E-state index in [1.54, 1.807) is 6.26 Å². The fourth-order valence-electron chi connectivity index (χ4n) is 3.07. The van der Waals surface area contributed by atoms with Gasteiger partial charge in [-0.2, -0.15) is 0 Å². The van der Waals surface area contributed by atoms with Crippen LogP contribution in [0.5, 0.6) is 0 Å². The lowest BCUT2D eigenvalue weighted by atomic mass is 10.1. The standard InChI is InChI=1S/C19H25N3O2/c1-15(18-6-5-13-24-18)20-14-19(23)21-16-7-9-17(10-8-16)22-11-3-2-4-12-22/h5-10,13,15,20H,2-4,11-12,14H2,1H3,(H,21,23)/p+1/t15-/m0/s1. The number of nitrogens with zero attached hydrogens (tertiary/aromatic N) is 1. The number of quaternary nitrogens is 1. The van der Waals surface area contributed by atoms with Gasteiger partial charge in [-0.1, -0.05) is 0 Å². The van der Waals surface area contributed by atoms with Gasteiger partial charge in [-0.05, 0) is 62.6 Å². The number of furan rings is 1. The third-order valence-corrected chi connectivity index (χ3v) is 4.52. The highest BCUT2D eigenvalue weighted by atomic mass is 16.3. The molecule has 3 N–H and O–H groups in total. The first kappa shape index (κ1) is 16.6. The van der Waals surface area contributed by atoms with Crippen molar-refractivity contribution in [3.8, 4) is 0 Å². The number of carbonyl (C=O) groups is 1. The Balaban J connectivity index is 1.47. The number of nitrogens with two attached hydrogens (primary N) is 1. The normalized spacial score (nSPS) is 16.0. The van der Waals surface area contributed by atoms with Crippen molar-refractivity contribution in [2.45, 2.75) is 32.2 Å². The van der Waals surface area contributed by atoms with Gasteiger partial charge in [0.25, 0.3) is 5.91 Å². The largest absolute Gasteiger partial charge is 0.463 e. The maximum Gasteiger partial charge on any atom is 0.279 e. The Labute approximate surface area is 143 Å². The summed E-state index contributed by atoms with van der Waals surface area (Å²) in [5.74, 6) is 0.882. The maximum atomic E-state index is 12.1. The van der Waals surface area contributed by atoms with E-state index in [9.17, 15) is 4.79 Å². The monoisotopic (exact) mass is 328 g/mol. The lowest BCUT2D eigenvalue weighted by molar-refractivity contribution is -0.684. The molecule has 0 bridgehead atoms. The Morgan fingerprint density at radius 3 is 2.62 bits per heavy atom. The Morgan fingerprint density at radius 2 is 1.96 bits per heavy atom. The number of hydrogen-bond acceptors (Lipinski definition) is 3. The molecule has 128 valence electrons. The molecule has 0 radical (unpaired) electrons. The Bertz CT molecular complexity index is 631. The van der Waals surface area contributed by atoms with Crippen molar-refractivity contribution in [3.63, 3.8) is 0 Å². The number of nitrogens with one attached hydrogen (secondary N) is 1. The summed E-state index contributed by atoms with van der Waals surface area (Å²) in [6, 6.07) is 12.1. The van der Waals surface area contributed by atoms with E-state index in [1.165, 1.54) is 24.9 Å². The molecule has 1 aromatic heterocycles. The molecule has 5 nitrogen and oxygen atoms in total. The molecular weight excluding hydrogens is 302 g/mol. The fraction of sp³-hybridized carbons (Fsp3) is 0.421. The van der Waals surface area contributed by atoms with Gasteiger partial charge in [-0.25, -0.2) is 0 Å². The Kier molecular flexibility index (Phi) is 5.54. The summed E-state index contributed by atoms with van der Waals surface area (Å²) in [5, 5.41) is 4.92. The molecule has 1 saturated heterocycles. The van der Waals surface area contributed by atoms with E-state index < -0.39 is 0 Å². The van der Waals surface area contributed by atoms with Crippen molar-refractivity contribution >= 4 is 17.3 Å². The average Bonchev–Trinajstić information content (AvgIpc) is 3.16. The van der Waals surface area contributed by atoms with Crippen LogP contribution in [0.2, 0.25) is 0 Å². The van der Waals surface area contributed by atoms with Crippen molar-refractivity contribution < 1.29 is 14.5 Å². The maximum absolute atomic E-state index is 12.1. The number of benzene rings is 1. The van der Waals surface area contributed by atoms with Crippen molar-refractivity contribution in [2.24, 2.45) is 0 Å². The molecule has 0 unspecified atom stereocenters. The predicted molar refractivity (Wildman–Crippen MR) is 95.1 cm³/mol. The van der Waals surface area contributed by atoms with E-state index >= 15 is 0 Å². The molecule has 1 aliphatic rings. The van der Waals surface area contributed by atoms with Crippen LogP contribution in [0.1, 0.15) is 38.0 Å². The molecular formula is C19H26N3O2+. The van der Waals surface area contributed by atoms with Crippen molar-refractivity contribution in [3.05, 3.63) is 48.4 Å². The molecule has 1 aromatic carbocycles. The van der Waals surface area contributed by atoms with E-state index in [1.807, 2.05) is 36.5 Å². The first-order valence-electron chi connectivity index (χ1n) is 8.74. The van der Waals surface area contributed by atoms with Crippen LogP contribution in [0.3, 0.4) is 0 Å². The van der Waals surface area contributed by atoms with Gasteiger partial charge in [0.1, 0.15) is 6.04 Å². The zero-order chi connectivity index (χ0) is 16.8. The number of anilines is 2. The molecule has 1 amide bonds. The Hall–Kier alpha value is -2.27. The highest BCUT2D eigenvalue weighted by Crippen LogP contribution is 2.21. The smallest absolute Gasteiger partial charge is 0.279 e. The molecule has 2 heterocycles. The van der Waals surface area contributed by atoms with Crippen LogP contribution in [-0.4, -0.2) is 25.5 Å². The number of amides is 1. The molecule has 0 saturated carbocycles. The Morgan fingerprint density at radius 1 is 1.21 bits per heavy atom. The van der Waals surface area contributed by atoms with Crippen LogP contribution in [-0.2, 0) is 4.79 Å². The van der Waals surface area contributed by atoms with Gasteiger partial charge in [0.05, 0.1) is 6.26 Å². The SMILES string of the molecule is C[C@H]([NH2+]CC(=O)Nc1ccc(N2CCCCC2)cc1)c1ccco1. The lowest BCUT2D eigenvalue weighted by Crippen LogP contribution is -2.86. The van der Waals surface area contributed by atoms with Gasteiger partial charge < -0.3 is 20.0 Å². The lowest BCUT2D eigenvalue weighted by Gasteiger charge is -2.28. The van der Waals surface area contributed by atoms with Crippen LogP contribution < -0.4 is 15.5 Å². The zero-order valence-electron chi connectivity index (χ0n) is 14.2. The predicted octanol–water partition coefficient (Wildman–Crippen LogP) is 2.53. The molecule has 5 heteroatoms. The molecule has 0 spiro atoms. The van der Waals surface area contributed by atoms with Gasteiger partial charge in [-0.3, -0.25) is 4.79 Å². The van der Waals surface area contributed by atoms with E-state index in [0.717, 1.165) is 24.5 Å². The summed E-state index contributed by atoms with van der Waals surface area (Å²) in [6.45, 7) is 4.66. The summed E-state index contributed by atoms with van der Waals surface area (Å²) >= 11 is 0. The van der Waals surface area contributed by atoms with Gasteiger partial charge in [-0.15, -0.1) is 0 Å². The van der Waals surface area contributed by atoms with Gasteiger partial charge in [0.15, 0.2) is 12.3 Å². The van der Waals surface area contributed by atoms with Crippen LogP contribution in [0.25, 0.3) is 0 Å². The molecule has 1 atom stereocenters. The number of piperidine rings is 1. The van der Waals surface area contributed by atoms with Gasteiger partial charge in [0, 0.05) is 24.5 Å². The summed E-state index contributed by atoms with van der Waals surface area (Å²) in [4.78, 5) is 14.5. The minimum atomic E-state index is -0.000807. The quantitative estimate of drug-likeness (QED) is 0.856.